The molecule has 0 radical (unpaired) electrons. The average molecular weight is 702 g/mol. The van der Waals surface area contributed by atoms with Crippen molar-refractivity contribution in [1.82, 2.24) is 15.0 Å². The fraction of sp³-hybridized carbons (Fsp3) is 0.167. The Labute approximate surface area is 288 Å². The van der Waals surface area contributed by atoms with Gasteiger partial charge in [0.2, 0.25) is 11.7 Å². The lowest BCUT2D eigenvalue weighted by Gasteiger charge is -2.21. The SMILES string of the molecule is COc1ccc(CC(=O)Nc2ccc(C(=O)N(CC(=O)O)Cc3ccc(-c4noc(NC(=O)c5ccc(C)cc5)n4)cc3)cc2)c(C(F)(F)F)c1. The molecule has 0 fully saturated rings. The van der Waals surface area contributed by atoms with Crippen LogP contribution < -0.4 is 15.4 Å². The van der Waals surface area contributed by atoms with Crippen molar-refractivity contribution in [1.29, 1.82) is 0 Å². The zero-order valence-corrected chi connectivity index (χ0v) is 27.2. The van der Waals surface area contributed by atoms with Crippen LogP contribution in [-0.4, -0.2) is 57.5 Å². The van der Waals surface area contributed by atoms with Gasteiger partial charge in [0.05, 0.1) is 19.1 Å². The van der Waals surface area contributed by atoms with Crippen molar-refractivity contribution >= 4 is 35.4 Å². The van der Waals surface area contributed by atoms with Crippen molar-refractivity contribution in [3.05, 3.63) is 124 Å². The van der Waals surface area contributed by atoms with Gasteiger partial charge >= 0.3 is 18.2 Å². The smallest absolute Gasteiger partial charge is 0.416 e. The van der Waals surface area contributed by atoms with Crippen LogP contribution in [0.5, 0.6) is 5.75 Å². The van der Waals surface area contributed by atoms with Gasteiger partial charge in [-0.25, -0.2) is 0 Å². The van der Waals surface area contributed by atoms with Crippen LogP contribution in [-0.2, 0) is 28.7 Å². The van der Waals surface area contributed by atoms with E-state index >= 15 is 0 Å². The summed E-state index contributed by atoms with van der Waals surface area (Å²) in [5, 5.41) is 18.4. The number of benzene rings is 4. The van der Waals surface area contributed by atoms with Crippen molar-refractivity contribution < 1.29 is 46.7 Å². The van der Waals surface area contributed by atoms with E-state index in [1.807, 2.05) is 6.92 Å². The fourth-order valence-electron chi connectivity index (χ4n) is 4.97. The van der Waals surface area contributed by atoms with Crippen molar-refractivity contribution in [3.63, 3.8) is 0 Å². The van der Waals surface area contributed by atoms with Gasteiger partial charge in [0, 0.05) is 28.9 Å². The van der Waals surface area contributed by atoms with Gasteiger partial charge in [-0.15, -0.1) is 0 Å². The molecule has 0 saturated heterocycles. The number of methoxy groups -OCH3 is 1. The monoisotopic (exact) mass is 701 g/mol. The number of carbonyl (C=O) groups excluding carboxylic acids is 3. The molecule has 1 aromatic heterocycles. The number of rotatable bonds is 12. The van der Waals surface area contributed by atoms with E-state index in [1.165, 1.54) is 43.5 Å². The van der Waals surface area contributed by atoms with Crippen molar-refractivity contribution in [3.8, 4) is 17.1 Å². The number of ether oxygens (including phenoxy) is 1. The Balaban J connectivity index is 1.21. The van der Waals surface area contributed by atoms with Crippen molar-refractivity contribution in [2.45, 2.75) is 26.1 Å². The number of hydrogen-bond acceptors (Lipinski definition) is 8. The zero-order valence-electron chi connectivity index (χ0n) is 27.2. The largest absolute Gasteiger partial charge is 0.497 e. The summed E-state index contributed by atoms with van der Waals surface area (Å²) in [5.74, 6) is -2.80. The van der Waals surface area contributed by atoms with Crippen LogP contribution in [0.4, 0.5) is 24.9 Å². The molecule has 5 aromatic rings. The number of nitrogens with zero attached hydrogens (tertiary/aromatic N) is 3. The predicted molar refractivity (Wildman–Crippen MR) is 178 cm³/mol. The van der Waals surface area contributed by atoms with Crippen LogP contribution in [0.1, 0.15) is 43.0 Å². The molecule has 0 aliphatic rings. The number of carboxylic acid groups (broad SMARTS) is 1. The molecule has 12 nitrogen and oxygen atoms in total. The number of aryl methyl sites for hydroxylation is 1. The third-order valence-electron chi connectivity index (χ3n) is 7.55. The molecular formula is C36H30F3N5O7. The van der Waals surface area contributed by atoms with Gasteiger partial charge in [0.15, 0.2) is 0 Å². The summed E-state index contributed by atoms with van der Waals surface area (Å²) < 4.78 is 50.7. The number of carboxylic acids is 1. The highest BCUT2D eigenvalue weighted by Crippen LogP contribution is 2.35. The van der Waals surface area contributed by atoms with Gasteiger partial charge in [0.1, 0.15) is 12.3 Å². The summed E-state index contributed by atoms with van der Waals surface area (Å²) in [4.78, 5) is 55.3. The molecule has 0 saturated carbocycles. The number of aromatic nitrogens is 2. The van der Waals surface area contributed by atoms with Crippen LogP contribution in [0.15, 0.2) is 95.5 Å². The maximum atomic E-state index is 13.5. The summed E-state index contributed by atoms with van der Waals surface area (Å²) in [7, 11) is 1.24. The second kappa shape index (κ2) is 15.4. The van der Waals surface area contributed by atoms with Gasteiger partial charge in [-0.1, -0.05) is 53.2 Å². The lowest BCUT2D eigenvalue weighted by Crippen LogP contribution is -2.35. The minimum atomic E-state index is -4.70. The molecule has 5 rings (SSSR count). The molecule has 0 aliphatic heterocycles. The van der Waals surface area contributed by atoms with E-state index in [0.29, 0.717) is 16.7 Å². The van der Waals surface area contributed by atoms with E-state index in [9.17, 15) is 37.5 Å². The van der Waals surface area contributed by atoms with Crippen molar-refractivity contribution in [2.24, 2.45) is 0 Å². The minimum absolute atomic E-state index is 0.000769. The summed E-state index contributed by atoms with van der Waals surface area (Å²) in [5.41, 5.74) is 1.65. The molecule has 51 heavy (non-hydrogen) atoms. The van der Waals surface area contributed by atoms with E-state index in [-0.39, 0.29) is 40.9 Å². The first-order valence-electron chi connectivity index (χ1n) is 15.2. The van der Waals surface area contributed by atoms with E-state index in [0.717, 1.165) is 16.5 Å². The quantitative estimate of drug-likeness (QED) is 0.137. The van der Waals surface area contributed by atoms with Crippen LogP contribution in [0.3, 0.4) is 0 Å². The lowest BCUT2D eigenvalue weighted by molar-refractivity contribution is -0.139. The first kappa shape index (κ1) is 35.8. The number of alkyl halides is 3. The molecule has 4 aromatic carbocycles. The highest BCUT2D eigenvalue weighted by molar-refractivity contribution is 6.03. The first-order valence-corrected chi connectivity index (χ1v) is 15.2. The number of anilines is 2. The highest BCUT2D eigenvalue weighted by Gasteiger charge is 2.34. The first-order chi connectivity index (χ1) is 24.3. The Bertz CT molecular complexity index is 2050. The Morgan fingerprint density at radius 3 is 2.18 bits per heavy atom. The van der Waals surface area contributed by atoms with E-state index < -0.39 is 48.4 Å². The Hall–Kier alpha value is -6.51. The third kappa shape index (κ3) is 9.35. The molecule has 3 amide bonds. The minimum Gasteiger partial charge on any atom is -0.497 e. The van der Waals surface area contributed by atoms with Crippen LogP contribution >= 0.6 is 0 Å². The standard InChI is InChI=1S/C36H30F3N5O7/c1-21-3-7-24(8-4-21)33(48)42-35-41-32(43-51-35)23-9-5-22(6-10-23)19-44(20-31(46)47)34(49)25-11-14-27(15-12-25)40-30(45)17-26-13-16-28(50-2)18-29(26)36(37,38)39/h3-16,18H,17,19-20H2,1-2H3,(H,40,45)(H,46,47)(H,41,42,43,48). The Morgan fingerprint density at radius 1 is 0.882 bits per heavy atom. The van der Waals surface area contributed by atoms with Crippen LogP contribution in [0.2, 0.25) is 0 Å². The van der Waals surface area contributed by atoms with Crippen LogP contribution in [0, 0.1) is 6.92 Å². The summed E-state index contributed by atoms with van der Waals surface area (Å²) >= 11 is 0. The molecule has 0 bridgehead atoms. The number of amides is 3. The molecule has 0 unspecified atom stereocenters. The summed E-state index contributed by atoms with van der Waals surface area (Å²) in [6.07, 6.45) is -5.26. The number of hydrogen-bond donors (Lipinski definition) is 3. The topological polar surface area (TPSA) is 164 Å². The second-order valence-electron chi connectivity index (χ2n) is 11.3. The Morgan fingerprint density at radius 2 is 1.55 bits per heavy atom. The number of nitrogens with one attached hydrogen (secondary N) is 2. The molecule has 15 heteroatoms. The normalized spacial score (nSPS) is 11.1. The van der Waals surface area contributed by atoms with Gasteiger partial charge in [-0.2, -0.15) is 18.2 Å². The van der Waals surface area contributed by atoms with Gasteiger partial charge in [0.25, 0.3) is 11.8 Å². The lowest BCUT2D eigenvalue weighted by atomic mass is 10.0. The van der Waals surface area contributed by atoms with E-state index in [2.05, 4.69) is 20.8 Å². The molecule has 0 atom stereocenters. The Kier molecular flexibility index (Phi) is 10.8. The van der Waals surface area contributed by atoms with Gasteiger partial charge in [-0.3, -0.25) is 24.5 Å². The third-order valence-corrected chi connectivity index (χ3v) is 7.55. The molecule has 0 spiro atoms. The zero-order chi connectivity index (χ0) is 36.7. The summed E-state index contributed by atoms with van der Waals surface area (Å²) in [6.45, 7) is 1.22. The molecule has 0 aliphatic carbocycles. The van der Waals surface area contributed by atoms with E-state index in [1.54, 1.807) is 48.5 Å². The number of halogens is 3. The number of carbonyl (C=O) groups is 4. The summed E-state index contributed by atoms with van der Waals surface area (Å²) in [6, 6.07) is 22.3. The fourth-order valence-corrected chi connectivity index (χ4v) is 4.97. The van der Waals surface area contributed by atoms with Crippen molar-refractivity contribution in [2.75, 3.05) is 24.3 Å². The maximum absolute atomic E-state index is 13.5. The maximum Gasteiger partial charge on any atom is 0.416 e. The van der Waals surface area contributed by atoms with Gasteiger partial charge < -0.3 is 24.6 Å². The second-order valence-corrected chi connectivity index (χ2v) is 11.3. The van der Waals surface area contributed by atoms with E-state index in [4.69, 9.17) is 9.26 Å². The number of aliphatic carboxylic acids is 1. The van der Waals surface area contributed by atoms with Crippen LogP contribution in [0.25, 0.3) is 11.4 Å². The molecular weight excluding hydrogens is 671 g/mol. The molecule has 1 heterocycles. The highest BCUT2D eigenvalue weighted by atomic mass is 19.4. The molecule has 3 N–H and O–H groups in total. The predicted octanol–water partition coefficient (Wildman–Crippen LogP) is 6.23. The van der Waals surface area contributed by atoms with Gasteiger partial charge in [-0.05, 0) is 66.6 Å². The average Bonchev–Trinajstić information content (AvgIpc) is 3.56. The molecule has 262 valence electrons.